The van der Waals surface area contributed by atoms with E-state index in [2.05, 4.69) is 36.3 Å². The first-order valence-electron chi connectivity index (χ1n) is 7.30. The minimum Gasteiger partial charge on any atom is -0.445 e. The smallest absolute Gasteiger partial charge is 0.225 e. The molecule has 2 aliphatic rings. The number of aromatic nitrogens is 1. The maximum Gasteiger partial charge on any atom is 0.225 e. The highest BCUT2D eigenvalue weighted by molar-refractivity contribution is 5.81. The molecule has 1 aromatic heterocycles. The van der Waals surface area contributed by atoms with E-state index in [1.54, 1.807) is 12.5 Å². The van der Waals surface area contributed by atoms with Gasteiger partial charge in [-0.25, -0.2) is 4.98 Å². The van der Waals surface area contributed by atoms with E-state index in [9.17, 15) is 4.79 Å². The number of oxazole rings is 1. The van der Waals surface area contributed by atoms with E-state index < -0.39 is 0 Å². The molecule has 0 N–H and O–H groups in total. The van der Waals surface area contributed by atoms with Gasteiger partial charge >= 0.3 is 0 Å². The van der Waals surface area contributed by atoms with Crippen molar-refractivity contribution in [1.82, 2.24) is 4.98 Å². The zero-order chi connectivity index (χ0) is 14.9. The first-order valence-corrected chi connectivity index (χ1v) is 7.30. The summed E-state index contributed by atoms with van der Waals surface area (Å²) in [7, 11) is 0. The van der Waals surface area contributed by atoms with E-state index >= 15 is 0 Å². The van der Waals surface area contributed by atoms with E-state index in [0.717, 1.165) is 31.2 Å². The van der Waals surface area contributed by atoms with Crippen LogP contribution >= 0.6 is 0 Å². The van der Waals surface area contributed by atoms with Crippen LogP contribution in [0.25, 0.3) is 11.5 Å². The molecule has 2 aromatic rings. The van der Waals surface area contributed by atoms with Gasteiger partial charge in [-0.2, -0.15) is 0 Å². The van der Waals surface area contributed by atoms with Crippen molar-refractivity contribution in [2.45, 2.75) is 31.1 Å². The highest BCUT2D eigenvalue weighted by atomic mass is 16.3. The Hall–Kier alpha value is -2.16. The van der Waals surface area contributed by atoms with E-state index in [1.165, 1.54) is 5.56 Å². The molecule has 108 valence electrons. The maximum absolute atomic E-state index is 11.5. The summed E-state index contributed by atoms with van der Waals surface area (Å²) < 4.78 is 5.36. The van der Waals surface area contributed by atoms with Gasteiger partial charge in [0.15, 0.2) is 0 Å². The fraction of sp³-hybridized carbons (Fsp3) is 0.333. The Morgan fingerprint density at radius 2 is 2.19 bits per heavy atom. The largest absolute Gasteiger partial charge is 0.445 e. The quantitative estimate of drug-likeness (QED) is 0.776. The van der Waals surface area contributed by atoms with Crippen LogP contribution in [0, 0.1) is 5.92 Å². The molecule has 0 radical (unpaired) electrons. The lowest BCUT2D eigenvalue weighted by molar-refractivity contribution is -0.120. The van der Waals surface area contributed by atoms with Gasteiger partial charge in [0.05, 0.1) is 6.20 Å². The lowest BCUT2D eigenvalue weighted by atomic mass is 9.82. The fourth-order valence-electron chi connectivity index (χ4n) is 3.52. The Balaban J connectivity index is 0.000000636. The number of carbonyl (C=O) groups is 1. The Bertz CT molecular complexity index is 647. The Morgan fingerprint density at radius 3 is 2.90 bits per heavy atom. The van der Waals surface area contributed by atoms with Crippen LogP contribution in [0.3, 0.4) is 0 Å². The molecule has 2 aliphatic carbocycles. The number of carbonyl (C=O) groups excluding carboxylic acids is 1. The Morgan fingerprint density at radius 1 is 1.33 bits per heavy atom. The lowest BCUT2D eigenvalue weighted by Gasteiger charge is -2.22. The number of ketones is 1. The number of hydrogen-bond donors (Lipinski definition) is 0. The van der Waals surface area contributed by atoms with Crippen molar-refractivity contribution in [2.75, 3.05) is 0 Å². The van der Waals surface area contributed by atoms with Gasteiger partial charge in [-0.3, -0.25) is 4.79 Å². The molecular weight excluding hydrogens is 262 g/mol. The molecule has 1 aromatic carbocycles. The predicted molar refractivity (Wildman–Crippen MR) is 81.8 cm³/mol. The summed E-state index contributed by atoms with van der Waals surface area (Å²) in [6.45, 7) is 6.00. The molecule has 2 fully saturated rings. The second kappa shape index (κ2) is 5.32. The molecule has 4 rings (SSSR count). The van der Waals surface area contributed by atoms with Gasteiger partial charge in [-0.05, 0) is 41.9 Å². The highest BCUT2D eigenvalue weighted by Crippen LogP contribution is 2.61. The number of benzene rings is 1. The maximum atomic E-state index is 11.5. The van der Waals surface area contributed by atoms with Crippen molar-refractivity contribution in [2.24, 2.45) is 5.92 Å². The van der Waals surface area contributed by atoms with Gasteiger partial charge in [0, 0.05) is 18.4 Å². The van der Waals surface area contributed by atoms with Crippen LogP contribution in [0.15, 0.2) is 54.3 Å². The third kappa shape index (κ3) is 2.33. The molecule has 0 aliphatic heterocycles. The molecule has 0 bridgehead atoms. The van der Waals surface area contributed by atoms with Crippen LogP contribution in [0.5, 0.6) is 0 Å². The molecular formula is C18H19NO2. The highest BCUT2D eigenvalue weighted by Gasteiger charge is 2.57. The lowest BCUT2D eigenvalue weighted by Crippen LogP contribution is -2.19. The van der Waals surface area contributed by atoms with Gasteiger partial charge in [-0.1, -0.05) is 12.1 Å². The van der Waals surface area contributed by atoms with Crippen molar-refractivity contribution < 1.29 is 9.21 Å². The number of fused-ring (bicyclic) bond motifs is 1. The van der Waals surface area contributed by atoms with Crippen molar-refractivity contribution in [3.63, 3.8) is 0 Å². The topological polar surface area (TPSA) is 43.1 Å². The second-order valence-electron chi connectivity index (χ2n) is 5.72. The Kier molecular flexibility index (Phi) is 3.50. The first-order chi connectivity index (χ1) is 10.3. The van der Waals surface area contributed by atoms with Gasteiger partial charge in [0.2, 0.25) is 5.89 Å². The molecule has 1 heterocycles. The molecule has 2 saturated carbocycles. The van der Waals surface area contributed by atoms with Crippen molar-refractivity contribution in [3.8, 4) is 11.5 Å². The summed E-state index contributed by atoms with van der Waals surface area (Å²) in [6, 6.07) is 8.45. The fourth-order valence-corrected chi connectivity index (χ4v) is 3.52. The van der Waals surface area contributed by atoms with Crippen LogP contribution in [0.2, 0.25) is 0 Å². The minimum atomic E-state index is 0.260. The monoisotopic (exact) mass is 281 g/mol. The number of nitrogens with zero attached hydrogens (tertiary/aromatic N) is 1. The van der Waals surface area contributed by atoms with Crippen LogP contribution in [-0.2, 0) is 10.2 Å². The van der Waals surface area contributed by atoms with E-state index in [-0.39, 0.29) is 5.41 Å². The number of rotatable bonds is 2. The standard InChI is InChI=1S/C16H15NO2.C2H4/c18-14-4-5-16(10-13(16)9-14)12-3-1-2-11(8-12)15-17-6-7-19-15;1-2/h1-3,6-8,13H,4-5,9-10H2;1-2H2. The van der Waals surface area contributed by atoms with E-state index in [0.29, 0.717) is 17.6 Å². The molecule has 3 heteroatoms. The minimum absolute atomic E-state index is 0.260. The summed E-state index contributed by atoms with van der Waals surface area (Å²) in [6.07, 6.45) is 6.93. The third-order valence-electron chi connectivity index (χ3n) is 4.67. The normalized spacial score (nSPS) is 26.5. The SMILES string of the molecule is C=C.O=C1CCC2(c3cccc(-c4ncco4)c3)CC2C1. The molecule has 2 unspecified atom stereocenters. The molecule has 0 amide bonds. The molecule has 0 spiro atoms. The molecule has 21 heavy (non-hydrogen) atoms. The van der Waals surface area contributed by atoms with E-state index in [4.69, 9.17) is 4.42 Å². The average Bonchev–Trinajstić information content (AvgIpc) is 3.00. The molecule has 3 nitrogen and oxygen atoms in total. The Labute approximate surface area is 124 Å². The summed E-state index contributed by atoms with van der Waals surface area (Å²) in [5.74, 6) is 1.66. The van der Waals surface area contributed by atoms with Crippen LogP contribution < -0.4 is 0 Å². The zero-order valence-corrected chi connectivity index (χ0v) is 12.0. The third-order valence-corrected chi connectivity index (χ3v) is 4.67. The number of hydrogen-bond acceptors (Lipinski definition) is 3. The summed E-state index contributed by atoms with van der Waals surface area (Å²) >= 11 is 0. The first kappa shape index (κ1) is 13.8. The molecule has 2 atom stereocenters. The van der Waals surface area contributed by atoms with Crippen molar-refractivity contribution in [1.29, 1.82) is 0 Å². The second-order valence-corrected chi connectivity index (χ2v) is 5.72. The average molecular weight is 281 g/mol. The van der Waals surface area contributed by atoms with E-state index in [1.807, 2.05) is 6.07 Å². The van der Waals surface area contributed by atoms with Gasteiger partial charge in [0.25, 0.3) is 0 Å². The number of Topliss-reactive ketones (excluding diaryl/α,β-unsaturated/α-hetero) is 1. The summed E-state index contributed by atoms with van der Waals surface area (Å²) in [5, 5.41) is 0. The van der Waals surface area contributed by atoms with Gasteiger partial charge < -0.3 is 4.42 Å². The summed E-state index contributed by atoms with van der Waals surface area (Å²) in [5.41, 5.74) is 2.64. The predicted octanol–water partition coefficient (Wildman–Crippen LogP) is 4.15. The van der Waals surface area contributed by atoms with Crippen LogP contribution in [0.1, 0.15) is 31.2 Å². The molecule has 0 saturated heterocycles. The van der Waals surface area contributed by atoms with Crippen LogP contribution in [-0.4, -0.2) is 10.8 Å². The van der Waals surface area contributed by atoms with Crippen molar-refractivity contribution in [3.05, 3.63) is 55.4 Å². The summed E-state index contributed by atoms with van der Waals surface area (Å²) in [4.78, 5) is 15.7. The zero-order valence-electron chi connectivity index (χ0n) is 12.0. The van der Waals surface area contributed by atoms with Gasteiger partial charge in [0.1, 0.15) is 12.0 Å². The van der Waals surface area contributed by atoms with Gasteiger partial charge in [-0.15, -0.1) is 13.2 Å². The van der Waals surface area contributed by atoms with Crippen molar-refractivity contribution >= 4 is 5.78 Å². The van der Waals surface area contributed by atoms with Crippen LogP contribution in [0.4, 0.5) is 0 Å².